The van der Waals surface area contributed by atoms with Crippen LogP contribution < -0.4 is 14.8 Å². The predicted molar refractivity (Wildman–Crippen MR) is 114 cm³/mol. The predicted octanol–water partition coefficient (Wildman–Crippen LogP) is 4.74. The van der Waals surface area contributed by atoms with Gasteiger partial charge in [-0.2, -0.15) is 5.10 Å². The molecule has 29 heavy (non-hydrogen) atoms. The van der Waals surface area contributed by atoms with Crippen molar-refractivity contribution in [3.05, 3.63) is 59.2 Å². The van der Waals surface area contributed by atoms with Crippen molar-refractivity contribution in [3.8, 4) is 28.4 Å². The molecular weight excluding hydrogens is 390 g/mol. The van der Waals surface area contributed by atoms with Crippen molar-refractivity contribution in [1.29, 1.82) is 0 Å². The summed E-state index contributed by atoms with van der Waals surface area (Å²) < 4.78 is 12.4. The van der Waals surface area contributed by atoms with Crippen LogP contribution in [0.25, 0.3) is 16.9 Å². The summed E-state index contributed by atoms with van der Waals surface area (Å²) >= 11 is 6.16. The summed E-state index contributed by atoms with van der Waals surface area (Å²) in [5.74, 6) is 1.04. The lowest BCUT2D eigenvalue weighted by molar-refractivity contribution is 0.0911. The first kappa shape index (κ1) is 20.7. The number of carbonyl (C=O) groups is 1. The Morgan fingerprint density at radius 3 is 2.45 bits per heavy atom. The number of carbonyl (C=O) groups excluding carboxylic acids is 1. The van der Waals surface area contributed by atoms with E-state index in [1.54, 1.807) is 43.2 Å². The monoisotopic (exact) mass is 413 g/mol. The number of amides is 1. The molecule has 0 atom stereocenters. The Morgan fingerprint density at radius 2 is 1.83 bits per heavy atom. The first-order valence-corrected chi connectivity index (χ1v) is 9.50. The first-order chi connectivity index (χ1) is 13.7. The van der Waals surface area contributed by atoms with Gasteiger partial charge in [0.15, 0.2) is 0 Å². The highest BCUT2D eigenvalue weighted by atomic mass is 35.5. The molecule has 2 aromatic carbocycles. The average Bonchev–Trinajstić information content (AvgIpc) is 3.11. The van der Waals surface area contributed by atoms with Crippen LogP contribution >= 0.6 is 11.6 Å². The molecule has 152 valence electrons. The molecule has 0 radical (unpaired) electrons. The standard InChI is InChI=1S/C22H24ClN3O3/c1-22(2,3)24-21(27)19-13-18(17-10-9-16(28-4)12-20(17)29-5)25-26(19)15-8-6-7-14(23)11-15/h6-13H,1-5H3,(H,24,27). The molecule has 3 aromatic rings. The lowest BCUT2D eigenvalue weighted by atomic mass is 10.1. The van der Waals surface area contributed by atoms with E-state index in [-0.39, 0.29) is 5.91 Å². The number of ether oxygens (including phenoxy) is 2. The number of benzene rings is 2. The minimum absolute atomic E-state index is 0.233. The van der Waals surface area contributed by atoms with Gasteiger partial charge in [0, 0.05) is 22.2 Å². The SMILES string of the molecule is COc1ccc(-c2cc(C(=O)NC(C)(C)C)n(-c3cccc(Cl)c3)n2)c(OC)c1. The molecular formula is C22H24ClN3O3. The quantitative estimate of drug-likeness (QED) is 0.656. The van der Waals surface area contributed by atoms with Crippen LogP contribution in [0.4, 0.5) is 0 Å². The maximum absolute atomic E-state index is 13.0. The number of nitrogens with one attached hydrogen (secondary N) is 1. The van der Waals surface area contributed by atoms with Gasteiger partial charge in [0.1, 0.15) is 17.2 Å². The lowest BCUT2D eigenvalue weighted by Crippen LogP contribution is -2.41. The molecule has 0 bridgehead atoms. The second kappa shape index (κ2) is 8.17. The minimum Gasteiger partial charge on any atom is -0.497 e. The second-order valence-electron chi connectivity index (χ2n) is 7.58. The van der Waals surface area contributed by atoms with Crippen LogP contribution in [0.5, 0.6) is 11.5 Å². The Morgan fingerprint density at radius 1 is 1.07 bits per heavy atom. The van der Waals surface area contributed by atoms with Crippen molar-refractivity contribution >= 4 is 17.5 Å². The summed E-state index contributed by atoms with van der Waals surface area (Å²) in [4.78, 5) is 13.0. The Labute approximate surface area is 175 Å². The molecule has 3 rings (SSSR count). The Bertz CT molecular complexity index is 1040. The molecule has 0 unspecified atom stereocenters. The number of halogens is 1. The van der Waals surface area contributed by atoms with Crippen molar-refractivity contribution in [1.82, 2.24) is 15.1 Å². The fourth-order valence-electron chi connectivity index (χ4n) is 2.89. The molecule has 0 aliphatic heterocycles. The third-order valence-electron chi connectivity index (χ3n) is 4.17. The zero-order valence-electron chi connectivity index (χ0n) is 17.1. The Kier molecular flexibility index (Phi) is 5.84. The van der Waals surface area contributed by atoms with Crippen LogP contribution in [0.2, 0.25) is 5.02 Å². The van der Waals surface area contributed by atoms with E-state index in [1.165, 1.54) is 0 Å². The highest BCUT2D eigenvalue weighted by molar-refractivity contribution is 6.30. The molecule has 0 saturated carbocycles. The summed E-state index contributed by atoms with van der Waals surface area (Å²) in [5, 5.41) is 8.23. The van der Waals surface area contributed by atoms with Gasteiger partial charge in [0.25, 0.3) is 5.91 Å². The van der Waals surface area contributed by atoms with Crippen LogP contribution in [0.1, 0.15) is 31.3 Å². The summed E-state index contributed by atoms with van der Waals surface area (Å²) in [6.45, 7) is 5.79. The summed E-state index contributed by atoms with van der Waals surface area (Å²) in [6.07, 6.45) is 0. The van der Waals surface area contributed by atoms with Gasteiger partial charge in [0.05, 0.1) is 25.6 Å². The van der Waals surface area contributed by atoms with E-state index in [9.17, 15) is 4.79 Å². The van der Waals surface area contributed by atoms with E-state index in [0.29, 0.717) is 33.6 Å². The molecule has 0 saturated heterocycles. The zero-order valence-corrected chi connectivity index (χ0v) is 17.9. The van der Waals surface area contributed by atoms with E-state index in [4.69, 9.17) is 21.1 Å². The largest absolute Gasteiger partial charge is 0.497 e. The number of aromatic nitrogens is 2. The number of hydrogen-bond donors (Lipinski definition) is 1. The van der Waals surface area contributed by atoms with Gasteiger partial charge in [0.2, 0.25) is 0 Å². The van der Waals surface area contributed by atoms with E-state index in [1.807, 2.05) is 45.0 Å². The van der Waals surface area contributed by atoms with Crippen molar-refractivity contribution in [2.24, 2.45) is 0 Å². The third-order valence-corrected chi connectivity index (χ3v) is 4.40. The average molecular weight is 414 g/mol. The van der Waals surface area contributed by atoms with E-state index in [0.717, 1.165) is 5.56 Å². The summed E-state index contributed by atoms with van der Waals surface area (Å²) in [6, 6.07) is 14.4. The topological polar surface area (TPSA) is 65.4 Å². The van der Waals surface area contributed by atoms with Gasteiger partial charge in [-0.25, -0.2) is 4.68 Å². The minimum atomic E-state index is -0.390. The molecule has 0 spiro atoms. The maximum Gasteiger partial charge on any atom is 0.270 e. The molecule has 1 heterocycles. The number of methoxy groups -OCH3 is 2. The van der Waals surface area contributed by atoms with E-state index >= 15 is 0 Å². The molecule has 1 N–H and O–H groups in total. The Balaban J connectivity index is 2.16. The zero-order chi connectivity index (χ0) is 21.2. The number of hydrogen-bond acceptors (Lipinski definition) is 4. The highest BCUT2D eigenvalue weighted by Gasteiger charge is 2.23. The van der Waals surface area contributed by atoms with Crippen molar-refractivity contribution in [2.45, 2.75) is 26.3 Å². The Hall–Kier alpha value is -2.99. The summed E-state index contributed by atoms with van der Waals surface area (Å²) in [5.41, 5.74) is 2.05. The van der Waals surface area contributed by atoms with Gasteiger partial charge < -0.3 is 14.8 Å². The van der Waals surface area contributed by atoms with E-state index < -0.39 is 5.54 Å². The van der Waals surface area contributed by atoms with Gasteiger partial charge in [-0.15, -0.1) is 0 Å². The van der Waals surface area contributed by atoms with Gasteiger partial charge >= 0.3 is 0 Å². The fourth-order valence-corrected chi connectivity index (χ4v) is 3.08. The molecule has 1 amide bonds. The molecule has 7 heteroatoms. The molecule has 1 aromatic heterocycles. The van der Waals surface area contributed by atoms with Crippen molar-refractivity contribution in [3.63, 3.8) is 0 Å². The summed E-state index contributed by atoms with van der Waals surface area (Å²) in [7, 11) is 3.18. The van der Waals surface area contributed by atoms with Crippen LogP contribution in [-0.2, 0) is 0 Å². The van der Waals surface area contributed by atoms with Crippen LogP contribution in [0.3, 0.4) is 0 Å². The van der Waals surface area contributed by atoms with Crippen LogP contribution in [0.15, 0.2) is 48.5 Å². The first-order valence-electron chi connectivity index (χ1n) is 9.13. The van der Waals surface area contributed by atoms with Gasteiger partial charge in [-0.1, -0.05) is 17.7 Å². The maximum atomic E-state index is 13.0. The molecule has 0 aliphatic carbocycles. The number of rotatable bonds is 5. The number of nitrogens with zero attached hydrogens (tertiary/aromatic N) is 2. The molecule has 0 fully saturated rings. The smallest absolute Gasteiger partial charge is 0.270 e. The fraction of sp³-hybridized carbons (Fsp3) is 0.273. The van der Waals surface area contributed by atoms with Gasteiger partial charge in [-0.05, 0) is 57.2 Å². The van der Waals surface area contributed by atoms with Crippen molar-refractivity contribution in [2.75, 3.05) is 14.2 Å². The molecule has 6 nitrogen and oxygen atoms in total. The van der Waals surface area contributed by atoms with Crippen molar-refractivity contribution < 1.29 is 14.3 Å². The molecule has 0 aliphatic rings. The highest BCUT2D eigenvalue weighted by Crippen LogP contribution is 2.33. The van der Waals surface area contributed by atoms with Crippen LogP contribution in [0, 0.1) is 0 Å². The second-order valence-corrected chi connectivity index (χ2v) is 8.01. The normalized spacial score (nSPS) is 11.2. The van der Waals surface area contributed by atoms with Crippen LogP contribution in [-0.4, -0.2) is 35.4 Å². The lowest BCUT2D eigenvalue weighted by Gasteiger charge is -2.20. The van der Waals surface area contributed by atoms with Gasteiger partial charge in [-0.3, -0.25) is 4.79 Å². The third kappa shape index (κ3) is 4.71. The van der Waals surface area contributed by atoms with E-state index in [2.05, 4.69) is 10.4 Å².